The predicted molar refractivity (Wildman–Crippen MR) is 91.2 cm³/mol. The van der Waals surface area contributed by atoms with Crippen molar-refractivity contribution >= 4 is 29.8 Å². The van der Waals surface area contributed by atoms with Gasteiger partial charge in [-0.15, -0.1) is 0 Å². The molecule has 6 heteroatoms. The minimum atomic E-state index is -2.58. The standard InChI is InChI=1S/C14H25ClN2OSSi/c1-14(2,3)20(6,7)16-19(18,17(4)5)13-10-8-12(15)9-11-13/h8-11H,1-7H3. The van der Waals surface area contributed by atoms with Crippen molar-refractivity contribution < 1.29 is 4.21 Å². The van der Waals surface area contributed by atoms with E-state index in [0.717, 1.165) is 4.90 Å². The van der Waals surface area contributed by atoms with Crippen molar-refractivity contribution in [2.45, 2.75) is 43.8 Å². The lowest BCUT2D eigenvalue weighted by molar-refractivity contribution is 0.591. The minimum absolute atomic E-state index is 0.0537. The van der Waals surface area contributed by atoms with Crippen LogP contribution in [-0.2, 0) is 9.92 Å². The lowest BCUT2D eigenvalue weighted by Crippen LogP contribution is -2.38. The zero-order chi connectivity index (χ0) is 15.8. The Morgan fingerprint density at radius 2 is 1.60 bits per heavy atom. The zero-order valence-corrected chi connectivity index (χ0v) is 16.0. The molecule has 0 radical (unpaired) electrons. The van der Waals surface area contributed by atoms with E-state index in [0.29, 0.717) is 5.02 Å². The van der Waals surface area contributed by atoms with Crippen LogP contribution in [0.1, 0.15) is 20.8 Å². The van der Waals surface area contributed by atoms with Crippen LogP contribution in [0.4, 0.5) is 0 Å². The number of hydrogen-bond donors (Lipinski definition) is 0. The molecule has 1 unspecified atom stereocenters. The molecule has 0 bridgehead atoms. The second-order valence-electron chi connectivity index (χ2n) is 6.66. The molecule has 1 aromatic carbocycles. The van der Waals surface area contributed by atoms with Gasteiger partial charge in [-0.05, 0) is 42.4 Å². The van der Waals surface area contributed by atoms with Crippen molar-refractivity contribution in [2.24, 2.45) is 4.03 Å². The molecule has 0 heterocycles. The third-order valence-corrected chi connectivity index (χ3v) is 12.4. The molecule has 0 aliphatic heterocycles. The van der Waals surface area contributed by atoms with E-state index in [-0.39, 0.29) is 5.04 Å². The third-order valence-electron chi connectivity index (χ3n) is 3.80. The molecule has 0 saturated carbocycles. The highest BCUT2D eigenvalue weighted by atomic mass is 35.5. The Bertz CT molecular complexity index is 582. The Labute approximate surface area is 129 Å². The second kappa shape index (κ2) is 5.79. The monoisotopic (exact) mass is 332 g/mol. The lowest BCUT2D eigenvalue weighted by Gasteiger charge is -2.34. The number of halogens is 1. The van der Waals surface area contributed by atoms with E-state index in [1.807, 2.05) is 14.1 Å². The lowest BCUT2D eigenvalue weighted by atomic mass is 10.2. The summed E-state index contributed by atoms with van der Waals surface area (Å²) < 4.78 is 20.0. The van der Waals surface area contributed by atoms with Gasteiger partial charge < -0.3 is 0 Å². The van der Waals surface area contributed by atoms with Crippen LogP contribution in [-0.4, -0.2) is 30.8 Å². The number of nitrogens with zero attached hydrogens (tertiary/aromatic N) is 2. The molecule has 1 atom stereocenters. The highest BCUT2D eigenvalue weighted by Gasteiger charge is 2.38. The summed E-state index contributed by atoms with van der Waals surface area (Å²) in [6, 6.07) is 7.14. The van der Waals surface area contributed by atoms with E-state index in [4.69, 9.17) is 15.6 Å². The first-order valence-corrected chi connectivity index (χ1v) is 11.4. The van der Waals surface area contributed by atoms with Crippen LogP contribution in [0.25, 0.3) is 0 Å². The Kier molecular flexibility index (Phi) is 5.12. The summed E-state index contributed by atoms with van der Waals surface area (Å²) in [4.78, 5) is 0.719. The molecule has 0 N–H and O–H groups in total. The Morgan fingerprint density at radius 1 is 1.15 bits per heavy atom. The largest absolute Gasteiger partial charge is 0.261 e. The maximum absolute atomic E-state index is 13.4. The third kappa shape index (κ3) is 3.64. The predicted octanol–water partition coefficient (Wildman–Crippen LogP) is 4.65. The Balaban J connectivity index is 3.52. The summed E-state index contributed by atoms with van der Waals surface area (Å²) in [6.07, 6.45) is 0. The summed E-state index contributed by atoms with van der Waals surface area (Å²) in [5.41, 5.74) is 0. The van der Waals surface area contributed by atoms with E-state index < -0.39 is 18.2 Å². The highest BCUT2D eigenvalue weighted by Crippen LogP contribution is 2.38. The van der Waals surface area contributed by atoms with Gasteiger partial charge in [-0.3, -0.25) is 4.03 Å². The average molecular weight is 333 g/mol. The van der Waals surface area contributed by atoms with Gasteiger partial charge in [0.15, 0.2) is 8.24 Å². The first-order valence-electron chi connectivity index (χ1n) is 6.61. The van der Waals surface area contributed by atoms with E-state index in [1.165, 1.54) is 0 Å². The fourth-order valence-corrected chi connectivity index (χ4v) is 7.09. The second-order valence-corrected chi connectivity index (χ2v) is 14.6. The maximum Gasteiger partial charge on any atom is 0.195 e. The van der Waals surface area contributed by atoms with Crippen LogP contribution in [0.15, 0.2) is 33.2 Å². The topological polar surface area (TPSA) is 32.7 Å². The maximum atomic E-state index is 13.4. The molecule has 0 aliphatic rings. The van der Waals surface area contributed by atoms with Gasteiger partial charge in [-0.25, -0.2) is 8.51 Å². The molecule has 0 aliphatic carbocycles. The van der Waals surface area contributed by atoms with Crippen LogP contribution in [0, 0.1) is 0 Å². The van der Waals surface area contributed by atoms with Crippen LogP contribution >= 0.6 is 11.6 Å². The van der Waals surface area contributed by atoms with E-state index >= 15 is 0 Å². The van der Waals surface area contributed by atoms with Gasteiger partial charge in [0.1, 0.15) is 9.92 Å². The van der Waals surface area contributed by atoms with Gasteiger partial charge in [0, 0.05) is 19.1 Å². The van der Waals surface area contributed by atoms with E-state index in [9.17, 15) is 4.21 Å². The molecule has 0 saturated heterocycles. The molecule has 0 amide bonds. The van der Waals surface area contributed by atoms with Gasteiger partial charge in [0.2, 0.25) is 0 Å². The van der Waals surface area contributed by atoms with Crippen molar-refractivity contribution in [3.05, 3.63) is 29.3 Å². The number of rotatable bonds is 3. The first-order chi connectivity index (χ1) is 8.90. The molecule has 0 aromatic heterocycles. The SMILES string of the molecule is CN(C)S(=O)(=N[Si](C)(C)C(C)(C)C)c1ccc(Cl)cc1. The van der Waals surface area contributed by atoms with Crippen LogP contribution in [0.3, 0.4) is 0 Å². The molecule has 114 valence electrons. The highest BCUT2D eigenvalue weighted by molar-refractivity contribution is 7.92. The fourth-order valence-electron chi connectivity index (χ4n) is 1.40. The van der Waals surface area contributed by atoms with Gasteiger partial charge in [0.25, 0.3) is 0 Å². The van der Waals surface area contributed by atoms with Crippen molar-refractivity contribution in [1.29, 1.82) is 0 Å². The van der Waals surface area contributed by atoms with Crippen LogP contribution < -0.4 is 0 Å². The number of hydrogen-bond acceptors (Lipinski definition) is 2. The molecular weight excluding hydrogens is 308 g/mol. The van der Waals surface area contributed by atoms with Crippen LogP contribution in [0.2, 0.25) is 23.2 Å². The molecule has 0 fully saturated rings. The Hall–Kier alpha value is -0.363. The summed E-state index contributed by atoms with van der Waals surface area (Å²) >= 11 is 5.92. The molecule has 3 nitrogen and oxygen atoms in total. The summed E-state index contributed by atoms with van der Waals surface area (Å²) in [5.74, 6) is 0. The van der Waals surface area contributed by atoms with Crippen molar-refractivity contribution in [2.75, 3.05) is 14.1 Å². The molecule has 0 spiro atoms. The molecule has 20 heavy (non-hydrogen) atoms. The molecule has 1 rings (SSSR count). The van der Waals surface area contributed by atoms with Gasteiger partial charge in [-0.2, -0.15) is 0 Å². The van der Waals surface area contributed by atoms with Crippen molar-refractivity contribution in [1.82, 2.24) is 4.31 Å². The van der Waals surface area contributed by atoms with Crippen molar-refractivity contribution in [3.8, 4) is 0 Å². The van der Waals surface area contributed by atoms with E-state index in [2.05, 4.69) is 33.9 Å². The summed E-state index contributed by atoms with van der Waals surface area (Å²) in [6.45, 7) is 10.8. The molecule has 1 aromatic rings. The van der Waals surface area contributed by atoms with Gasteiger partial charge in [-0.1, -0.05) is 32.4 Å². The normalized spacial score (nSPS) is 16.1. The van der Waals surface area contributed by atoms with Gasteiger partial charge >= 0.3 is 0 Å². The fraction of sp³-hybridized carbons (Fsp3) is 0.571. The molecular formula is C14H25ClN2OSSi. The quantitative estimate of drug-likeness (QED) is 0.741. The first kappa shape index (κ1) is 17.7. The zero-order valence-electron chi connectivity index (χ0n) is 13.4. The van der Waals surface area contributed by atoms with Crippen LogP contribution in [0.5, 0.6) is 0 Å². The average Bonchev–Trinajstić information content (AvgIpc) is 2.27. The number of benzene rings is 1. The summed E-state index contributed by atoms with van der Waals surface area (Å²) in [7, 11) is -0.979. The smallest absolute Gasteiger partial charge is 0.195 e. The summed E-state index contributed by atoms with van der Waals surface area (Å²) in [5, 5.41) is 0.694. The minimum Gasteiger partial charge on any atom is -0.261 e. The Morgan fingerprint density at radius 3 is 1.95 bits per heavy atom. The van der Waals surface area contributed by atoms with Crippen molar-refractivity contribution in [3.63, 3.8) is 0 Å². The van der Waals surface area contributed by atoms with Gasteiger partial charge in [0.05, 0.1) is 4.90 Å². The van der Waals surface area contributed by atoms with E-state index in [1.54, 1.807) is 28.6 Å².